The van der Waals surface area contributed by atoms with Crippen LogP contribution in [0.15, 0.2) is 71.1 Å². The molecule has 10 nitrogen and oxygen atoms in total. The zero-order chi connectivity index (χ0) is 29.7. The quantitative estimate of drug-likeness (QED) is 0.205. The molecule has 2 aliphatic heterocycles. The number of nitro benzene ring substituents is 1. The van der Waals surface area contributed by atoms with Crippen LogP contribution in [-0.2, 0) is 19.1 Å². The molecule has 2 aromatic rings. The van der Waals surface area contributed by atoms with Crippen LogP contribution in [0.4, 0.5) is 10.1 Å². The van der Waals surface area contributed by atoms with Crippen LogP contribution in [0.25, 0.3) is 0 Å². The number of allylic oxidation sites excluding steroid dienone is 2. The number of ketones is 1. The zero-order valence-corrected chi connectivity index (χ0v) is 23.1. The number of piperidine rings is 1. The van der Waals surface area contributed by atoms with E-state index in [9.17, 15) is 28.9 Å². The minimum absolute atomic E-state index is 0.000220. The Labute approximate surface area is 237 Å². The van der Waals surface area contributed by atoms with Gasteiger partial charge in [-0.15, -0.1) is 0 Å². The second-order valence-electron chi connectivity index (χ2n) is 10.1. The number of benzene rings is 2. The third-order valence-electron chi connectivity index (χ3n) is 7.53. The molecule has 4 rings (SSSR count). The summed E-state index contributed by atoms with van der Waals surface area (Å²) in [5.74, 6) is -2.78. The number of likely N-dealkylation sites (tertiary alicyclic amines) is 1. The van der Waals surface area contributed by atoms with Crippen LogP contribution in [-0.4, -0.2) is 60.9 Å². The molecule has 0 amide bonds. The van der Waals surface area contributed by atoms with Gasteiger partial charge in [0, 0.05) is 41.6 Å². The minimum atomic E-state index is -0.927. The molecular weight excluding hydrogens is 533 g/mol. The lowest BCUT2D eigenvalue weighted by atomic mass is 9.80. The van der Waals surface area contributed by atoms with Crippen molar-refractivity contribution in [3.63, 3.8) is 0 Å². The molecule has 0 aromatic heterocycles. The van der Waals surface area contributed by atoms with Crippen molar-refractivity contribution in [2.75, 3.05) is 33.4 Å². The summed E-state index contributed by atoms with van der Waals surface area (Å²) < 4.78 is 23.8. The van der Waals surface area contributed by atoms with Crippen LogP contribution < -0.4 is 5.32 Å². The number of Topliss-reactive ketones (excluding diaryl/α,β-unsaturated/α-hetero) is 1. The topological polar surface area (TPSA) is 128 Å². The van der Waals surface area contributed by atoms with Gasteiger partial charge in [-0.3, -0.25) is 19.8 Å². The van der Waals surface area contributed by atoms with Crippen LogP contribution in [0.1, 0.15) is 48.5 Å². The van der Waals surface area contributed by atoms with Crippen molar-refractivity contribution in [3.05, 3.63) is 98.1 Å². The van der Waals surface area contributed by atoms with Gasteiger partial charge in [0.15, 0.2) is 5.78 Å². The van der Waals surface area contributed by atoms with Crippen molar-refractivity contribution in [2.45, 2.75) is 32.6 Å². The van der Waals surface area contributed by atoms with Crippen LogP contribution >= 0.6 is 0 Å². The predicted octanol–water partition coefficient (Wildman–Crippen LogP) is 4.28. The Balaban J connectivity index is 1.42. The number of dihydropyridines is 1. The molecule has 2 aliphatic rings. The smallest absolute Gasteiger partial charge is 0.336 e. The van der Waals surface area contributed by atoms with Crippen molar-refractivity contribution < 1.29 is 33.2 Å². The van der Waals surface area contributed by atoms with Gasteiger partial charge in [0.1, 0.15) is 12.4 Å². The molecule has 0 radical (unpaired) electrons. The molecular formula is C30H32FN3O7. The van der Waals surface area contributed by atoms with Gasteiger partial charge in [0.05, 0.1) is 29.1 Å². The van der Waals surface area contributed by atoms with Gasteiger partial charge < -0.3 is 14.8 Å². The molecule has 1 saturated heterocycles. The van der Waals surface area contributed by atoms with Gasteiger partial charge in [0.25, 0.3) is 5.69 Å². The average molecular weight is 566 g/mol. The molecule has 11 heteroatoms. The monoisotopic (exact) mass is 565 g/mol. The van der Waals surface area contributed by atoms with E-state index >= 15 is 0 Å². The van der Waals surface area contributed by atoms with E-state index in [0.717, 1.165) is 0 Å². The van der Waals surface area contributed by atoms with Crippen LogP contribution in [0.5, 0.6) is 0 Å². The molecule has 41 heavy (non-hydrogen) atoms. The van der Waals surface area contributed by atoms with Crippen molar-refractivity contribution in [3.8, 4) is 0 Å². The van der Waals surface area contributed by atoms with E-state index in [0.29, 0.717) is 55.0 Å². The Morgan fingerprint density at radius 3 is 2.27 bits per heavy atom. The molecule has 2 heterocycles. The molecule has 0 spiro atoms. The first-order valence-corrected chi connectivity index (χ1v) is 13.3. The molecule has 0 saturated carbocycles. The van der Waals surface area contributed by atoms with Gasteiger partial charge in [-0.25, -0.2) is 14.0 Å². The maximum absolute atomic E-state index is 13.4. The molecule has 0 aliphatic carbocycles. The number of nitro groups is 1. The van der Waals surface area contributed by atoms with E-state index in [1.54, 1.807) is 19.9 Å². The molecule has 1 fully saturated rings. The zero-order valence-electron chi connectivity index (χ0n) is 23.1. The Bertz CT molecular complexity index is 1410. The van der Waals surface area contributed by atoms with Crippen LogP contribution in [0, 0.1) is 21.8 Å². The summed E-state index contributed by atoms with van der Waals surface area (Å²) in [7, 11) is 1.23. The maximum atomic E-state index is 13.4. The first kappa shape index (κ1) is 29.6. The molecule has 216 valence electrons. The van der Waals surface area contributed by atoms with Gasteiger partial charge in [-0.2, -0.15) is 0 Å². The van der Waals surface area contributed by atoms with Crippen molar-refractivity contribution in [1.29, 1.82) is 0 Å². The summed E-state index contributed by atoms with van der Waals surface area (Å²) in [6.07, 6.45) is 1.28. The summed E-state index contributed by atoms with van der Waals surface area (Å²) in [5.41, 5.74) is 1.99. The highest BCUT2D eigenvalue weighted by atomic mass is 19.1. The summed E-state index contributed by atoms with van der Waals surface area (Å²) in [6, 6.07) is 11.4. The minimum Gasteiger partial charge on any atom is -0.466 e. The number of halogens is 1. The number of nitrogens with zero attached hydrogens (tertiary/aromatic N) is 2. The van der Waals surface area contributed by atoms with Crippen LogP contribution in [0.3, 0.4) is 0 Å². The third-order valence-corrected chi connectivity index (χ3v) is 7.53. The van der Waals surface area contributed by atoms with E-state index in [-0.39, 0.29) is 41.0 Å². The lowest BCUT2D eigenvalue weighted by Gasteiger charge is -2.32. The van der Waals surface area contributed by atoms with Gasteiger partial charge in [-0.1, -0.05) is 12.1 Å². The number of nitrogens with one attached hydrogen (secondary N) is 1. The van der Waals surface area contributed by atoms with Gasteiger partial charge in [-0.05, 0) is 69.6 Å². The standard InChI is InChI=1S/C30H32FN3O7/c1-18-25(29(36)40-3)27(22-5-4-6-24(17-22)34(38)39)26(19(2)32-18)30(37)41-16-15-33-13-11-21(12-14-33)28(35)20-7-9-23(31)10-8-20/h4-10,17,21,27,32H,11-16H2,1-3H3/t27-/m1/s1. The first-order chi connectivity index (χ1) is 19.6. The lowest BCUT2D eigenvalue weighted by molar-refractivity contribution is -0.384. The highest BCUT2D eigenvalue weighted by Crippen LogP contribution is 2.40. The Morgan fingerprint density at radius 2 is 1.66 bits per heavy atom. The Hall–Kier alpha value is -4.38. The highest BCUT2D eigenvalue weighted by Gasteiger charge is 2.38. The summed E-state index contributed by atoms with van der Waals surface area (Å²) in [6.45, 7) is 5.16. The van der Waals surface area contributed by atoms with E-state index in [1.165, 1.54) is 49.6 Å². The number of rotatable bonds is 9. The summed E-state index contributed by atoms with van der Waals surface area (Å²) >= 11 is 0. The number of esters is 2. The molecule has 0 unspecified atom stereocenters. The molecule has 0 bridgehead atoms. The maximum Gasteiger partial charge on any atom is 0.336 e. The van der Waals surface area contributed by atoms with Crippen molar-refractivity contribution >= 4 is 23.4 Å². The number of carbonyl (C=O) groups excluding carboxylic acids is 3. The fourth-order valence-corrected chi connectivity index (χ4v) is 5.41. The number of hydrogen-bond acceptors (Lipinski definition) is 9. The fraction of sp³-hybridized carbons (Fsp3) is 0.367. The predicted molar refractivity (Wildman–Crippen MR) is 147 cm³/mol. The average Bonchev–Trinajstić information content (AvgIpc) is 2.96. The number of non-ortho nitro benzene ring substituents is 1. The van der Waals surface area contributed by atoms with Crippen molar-refractivity contribution in [1.82, 2.24) is 10.2 Å². The first-order valence-electron chi connectivity index (χ1n) is 13.3. The van der Waals surface area contributed by atoms with Crippen molar-refractivity contribution in [2.24, 2.45) is 5.92 Å². The summed E-state index contributed by atoms with van der Waals surface area (Å²) in [4.78, 5) is 52.0. The van der Waals surface area contributed by atoms with Gasteiger partial charge >= 0.3 is 11.9 Å². The number of carbonyl (C=O) groups is 3. The SMILES string of the molecule is COC(=O)C1=C(C)NC(C)=C(C(=O)OCCN2CCC(C(=O)c3ccc(F)cc3)CC2)[C@@H]1c1cccc([N+](=O)[O-])c1. The second kappa shape index (κ2) is 12.9. The van der Waals surface area contributed by atoms with E-state index < -0.39 is 22.8 Å². The molecule has 2 aromatic carbocycles. The number of ether oxygens (including phenoxy) is 2. The fourth-order valence-electron chi connectivity index (χ4n) is 5.41. The lowest BCUT2D eigenvalue weighted by Crippen LogP contribution is -2.39. The van der Waals surface area contributed by atoms with Crippen LogP contribution in [0.2, 0.25) is 0 Å². The van der Waals surface area contributed by atoms with Gasteiger partial charge in [0.2, 0.25) is 0 Å². The number of methoxy groups -OCH3 is 1. The molecule has 1 N–H and O–H groups in total. The Kier molecular flexibility index (Phi) is 9.28. The largest absolute Gasteiger partial charge is 0.466 e. The molecule has 1 atom stereocenters. The highest BCUT2D eigenvalue weighted by molar-refractivity contribution is 6.00. The number of hydrogen-bond donors (Lipinski definition) is 1. The third kappa shape index (κ3) is 6.68. The van der Waals surface area contributed by atoms with E-state index in [4.69, 9.17) is 9.47 Å². The Morgan fingerprint density at radius 1 is 1.02 bits per heavy atom. The normalized spacial score (nSPS) is 18.1. The summed E-state index contributed by atoms with van der Waals surface area (Å²) in [5, 5.41) is 14.5. The second-order valence-corrected chi connectivity index (χ2v) is 10.1. The van der Waals surface area contributed by atoms with E-state index in [1.807, 2.05) is 0 Å². The van der Waals surface area contributed by atoms with E-state index in [2.05, 4.69) is 10.2 Å².